The van der Waals surface area contributed by atoms with E-state index in [4.69, 9.17) is 9.47 Å². The number of para-hydroxylation sites is 1. The molecule has 0 bridgehead atoms. The molecule has 0 saturated heterocycles. The Morgan fingerprint density at radius 2 is 1.76 bits per heavy atom. The Kier molecular flexibility index (Phi) is 8.79. The van der Waals surface area contributed by atoms with E-state index in [9.17, 15) is 14.4 Å². The number of fused-ring (bicyclic) bond motifs is 2. The summed E-state index contributed by atoms with van der Waals surface area (Å²) >= 11 is 0. The van der Waals surface area contributed by atoms with Gasteiger partial charge in [-0.15, -0.1) is 0 Å². The number of aromatic nitrogens is 3. The molecule has 0 unspecified atom stereocenters. The molecule has 0 aliphatic heterocycles. The molecule has 5 aromatic rings. The number of ether oxygens (including phenoxy) is 2. The van der Waals surface area contributed by atoms with Crippen LogP contribution >= 0.6 is 0 Å². The highest BCUT2D eigenvalue weighted by atomic mass is 16.5. The van der Waals surface area contributed by atoms with Crippen molar-refractivity contribution >= 4 is 22.5 Å². The van der Waals surface area contributed by atoms with Gasteiger partial charge in [0.15, 0.2) is 11.6 Å². The number of hydrogen-bond acceptors (Lipinski definition) is 8. The topological polar surface area (TPSA) is 104 Å². The van der Waals surface area contributed by atoms with Gasteiger partial charge in [-0.2, -0.15) is 0 Å². The molecule has 9 heteroatoms. The van der Waals surface area contributed by atoms with Crippen molar-refractivity contribution in [3.63, 3.8) is 0 Å². The summed E-state index contributed by atoms with van der Waals surface area (Å²) in [5.41, 5.74) is 2.53. The maximum Gasteiger partial charge on any atom is 0.266 e. The highest BCUT2D eigenvalue weighted by Gasteiger charge is 2.26. The number of Topliss-reactive ketones (excluding diaryl/α,β-unsaturated/α-hetero) is 2. The number of carbonyl (C=O) groups is 2. The Morgan fingerprint density at radius 3 is 2.53 bits per heavy atom. The van der Waals surface area contributed by atoms with E-state index < -0.39 is 11.3 Å². The van der Waals surface area contributed by atoms with Gasteiger partial charge < -0.3 is 14.4 Å². The molecule has 0 fully saturated rings. The van der Waals surface area contributed by atoms with E-state index >= 15 is 0 Å². The van der Waals surface area contributed by atoms with Gasteiger partial charge in [0.25, 0.3) is 5.56 Å². The summed E-state index contributed by atoms with van der Waals surface area (Å²) < 4.78 is 13.5. The molecule has 1 aliphatic carbocycles. The summed E-state index contributed by atoms with van der Waals surface area (Å²) in [6, 6.07) is 21.6. The monoisotopic (exact) mass is 602 g/mol. The van der Waals surface area contributed by atoms with Crippen molar-refractivity contribution in [1.29, 1.82) is 0 Å². The van der Waals surface area contributed by atoms with Crippen LogP contribution in [0.2, 0.25) is 0 Å². The third-order valence-electron chi connectivity index (χ3n) is 7.80. The van der Waals surface area contributed by atoms with Gasteiger partial charge in [-0.1, -0.05) is 18.2 Å². The Balaban J connectivity index is 1.18. The lowest BCUT2D eigenvalue weighted by atomic mass is 9.91. The molecule has 2 aromatic carbocycles. The van der Waals surface area contributed by atoms with Gasteiger partial charge in [-0.05, 0) is 81.9 Å². The molecule has 1 aliphatic rings. The minimum atomic E-state index is -0.425. The molecule has 45 heavy (non-hydrogen) atoms. The first-order chi connectivity index (χ1) is 21.9. The van der Waals surface area contributed by atoms with E-state index in [1.807, 2.05) is 62.6 Å². The molecule has 0 spiro atoms. The first-order valence-corrected chi connectivity index (χ1v) is 15.1. The molecule has 228 valence electrons. The summed E-state index contributed by atoms with van der Waals surface area (Å²) in [6.45, 7) is 1.57. The van der Waals surface area contributed by atoms with Crippen molar-refractivity contribution in [2.45, 2.75) is 32.1 Å². The second-order valence-electron chi connectivity index (χ2n) is 11.4. The zero-order valence-electron chi connectivity index (χ0n) is 25.4. The van der Waals surface area contributed by atoms with E-state index in [-0.39, 0.29) is 17.8 Å². The first-order valence-electron chi connectivity index (χ1n) is 15.1. The zero-order valence-corrected chi connectivity index (χ0v) is 25.4. The SMILES string of the molecule is CN(C)CCCOc1ccc2c(Oc3ccc(CC(=O)c4cc5c(n(-c6ccccc6)c4=O)CCCC5=O)nc3)ccnc2c1. The van der Waals surface area contributed by atoms with Crippen molar-refractivity contribution in [3.8, 4) is 22.9 Å². The van der Waals surface area contributed by atoms with Crippen LogP contribution in [0.15, 0.2) is 90.0 Å². The van der Waals surface area contributed by atoms with Gasteiger partial charge in [-0.3, -0.25) is 28.9 Å². The molecule has 9 nitrogen and oxygen atoms in total. The largest absolute Gasteiger partial charge is 0.493 e. The van der Waals surface area contributed by atoms with Crippen LogP contribution in [0.5, 0.6) is 17.2 Å². The minimum Gasteiger partial charge on any atom is -0.493 e. The van der Waals surface area contributed by atoms with Crippen molar-refractivity contribution in [3.05, 3.63) is 118 Å². The van der Waals surface area contributed by atoms with E-state index in [2.05, 4.69) is 14.9 Å². The number of hydrogen-bond donors (Lipinski definition) is 0. The summed E-state index contributed by atoms with van der Waals surface area (Å²) in [5.74, 6) is 1.41. The molecule has 6 rings (SSSR count). The lowest BCUT2D eigenvalue weighted by Gasteiger charge is -2.21. The van der Waals surface area contributed by atoms with Crippen molar-refractivity contribution in [2.75, 3.05) is 27.2 Å². The van der Waals surface area contributed by atoms with Crippen molar-refractivity contribution in [2.24, 2.45) is 0 Å². The summed E-state index contributed by atoms with van der Waals surface area (Å²) in [5, 5.41) is 0.828. The third kappa shape index (κ3) is 6.68. The van der Waals surface area contributed by atoms with Crippen LogP contribution in [0, 0.1) is 0 Å². The van der Waals surface area contributed by atoms with Gasteiger partial charge in [-0.25, -0.2) is 0 Å². The van der Waals surface area contributed by atoms with E-state index in [1.54, 1.807) is 30.6 Å². The maximum absolute atomic E-state index is 13.6. The van der Waals surface area contributed by atoms with Gasteiger partial charge >= 0.3 is 0 Å². The van der Waals surface area contributed by atoms with Crippen LogP contribution < -0.4 is 15.0 Å². The Morgan fingerprint density at radius 1 is 0.933 bits per heavy atom. The molecule has 0 atom stereocenters. The molecule has 0 N–H and O–H groups in total. The molecule has 3 heterocycles. The zero-order chi connectivity index (χ0) is 31.3. The normalized spacial score (nSPS) is 12.7. The summed E-state index contributed by atoms with van der Waals surface area (Å²) in [6.07, 6.45) is 5.74. The fraction of sp³-hybridized carbons (Fsp3) is 0.250. The molecular formula is C36H34N4O5. The van der Waals surface area contributed by atoms with Crippen LogP contribution in [-0.2, 0) is 12.8 Å². The lowest BCUT2D eigenvalue weighted by molar-refractivity contribution is 0.0971. The van der Waals surface area contributed by atoms with Gasteiger partial charge in [0.2, 0.25) is 0 Å². The number of rotatable bonds is 11. The molecule has 0 amide bonds. The average molecular weight is 603 g/mol. The van der Waals surface area contributed by atoms with Crippen molar-refractivity contribution < 1.29 is 19.1 Å². The standard InChI is InChI=1S/C36H34N4O5/c1-39(2)18-7-19-44-26-14-15-28-31(21-26)37-17-16-35(28)45-27-13-12-24(38-23-27)20-34(42)30-22-29-32(10-6-11-33(29)41)40(36(30)43)25-8-4-3-5-9-25/h3-5,8-9,12-17,21-23H,6-7,10-11,18-20H2,1-2H3. The molecule has 0 saturated carbocycles. The highest BCUT2D eigenvalue weighted by Crippen LogP contribution is 2.31. The predicted octanol–water partition coefficient (Wildman–Crippen LogP) is 5.85. The lowest BCUT2D eigenvalue weighted by Crippen LogP contribution is -2.32. The predicted molar refractivity (Wildman–Crippen MR) is 172 cm³/mol. The number of ketones is 2. The second kappa shape index (κ2) is 13.2. The van der Waals surface area contributed by atoms with E-state index in [1.165, 1.54) is 10.6 Å². The summed E-state index contributed by atoms with van der Waals surface area (Å²) in [4.78, 5) is 50.9. The van der Waals surface area contributed by atoms with Crippen LogP contribution in [0.4, 0.5) is 0 Å². The van der Waals surface area contributed by atoms with E-state index in [0.29, 0.717) is 60.0 Å². The second-order valence-corrected chi connectivity index (χ2v) is 11.4. The van der Waals surface area contributed by atoms with E-state index in [0.717, 1.165) is 29.6 Å². The van der Waals surface area contributed by atoms with Gasteiger partial charge in [0.1, 0.15) is 17.2 Å². The number of carbonyl (C=O) groups excluding carboxylic acids is 2. The summed E-state index contributed by atoms with van der Waals surface area (Å²) in [7, 11) is 4.07. The Hall–Kier alpha value is -5.15. The molecular weight excluding hydrogens is 568 g/mol. The minimum absolute atomic E-state index is 0.0146. The molecule has 3 aromatic heterocycles. The van der Waals surface area contributed by atoms with Gasteiger partial charge in [0, 0.05) is 53.3 Å². The smallest absolute Gasteiger partial charge is 0.266 e. The van der Waals surface area contributed by atoms with Crippen molar-refractivity contribution in [1.82, 2.24) is 19.4 Å². The highest BCUT2D eigenvalue weighted by molar-refractivity contribution is 6.03. The van der Waals surface area contributed by atoms with Crippen LogP contribution in [0.25, 0.3) is 16.6 Å². The number of nitrogens with zero attached hydrogens (tertiary/aromatic N) is 4. The van der Waals surface area contributed by atoms with Crippen LogP contribution in [-0.4, -0.2) is 58.2 Å². The van der Waals surface area contributed by atoms with Gasteiger partial charge in [0.05, 0.1) is 30.3 Å². The third-order valence-corrected chi connectivity index (χ3v) is 7.80. The number of pyridine rings is 3. The maximum atomic E-state index is 13.6. The average Bonchev–Trinajstić information content (AvgIpc) is 3.04. The number of benzene rings is 2. The first kappa shape index (κ1) is 29.9. The Bertz CT molecular complexity index is 1920. The van der Waals surface area contributed by atoms with Crippen LogP contribution in [0.3, 0.4) is 0 Å². The fourth-order valence-electron chi connectivity index (χ4n) is 5.56. The fourth-order valence-corrected chi connectivity index (χ4v) is 5.56. The quantitative estimate of drug-likeness (QED) is 0.137. The Labute approximate surface area is 261 Å². The molecule has 0 radical (unpaired) electrons. The van der Waals surface area contributed by atoms with Crippen LogP contribution in [0.1, 0.15) is 51.4 Å².